The van der Waals surface area contributed by atoms with Crippen molar-refractivity contribution in [3.8, 4) is 28.6 Å². The van der Waals surface area contributed by atoms with Crippen LogP contribution in [0.15, 0.2) is 52.0 Å². The Morgan fingerprint density at radius 3 is 2.16 bits per heavy atom. The van der Waals surface area contributed by atoms with E-state index >= 15 is 0 Å². The molecule has 0 atom stereocenters. The minimum absolute atomic E-state index is 0.00131. The summed E-state index contributed by atoms with van der Waals surface area (Å²) in [5.74, 6) is -1.63. The highest BCUT2D eigenvalue weighted by molar-refractivity contribution is 6.09. The maximum Gasteiger partial charge on any atom is 0.340 e. The van der Waals surface area contributed by atoms with Gasteiger partial charge in [0.25, 0.3) is 0 Å². The lowest BCUT2D eigenvalue weighted by Crippen LogP contribution is -1.98. The zero-order chi connectivity index (χ0) is 22.9. The first-order valence-corrected chi connectivity index (χ1v) is 9.92. The van der Waals surface area contributed by atoms with Gasteiger partial charge in [-0.05, 0) is 64.3 Å². The van der Waals surface area contributed by atoms with Gasteiger partial charge in [-0.2, -0.15) is 0 Å². The van der Waals surface area contributed by atoms with E-state index in [1.54, 1.807) is 0 Å². The summed E-state index contributed by atoms with van der Waals surface area (Å²) in [6.07, 6.45) is 4.61. The van der Waals surface area contributed by atoms with Gasteiger partial charge >= 0.3 is 5.97 Å². The van der Waals surface area contributed by atoms with E-state index in [4.69, 9.17) is 4.42 Å². The average molecular weight is 422 g/mol. The predicted molar refractivity (Wildman–Crippen MR) is 120 cm³/mol. The largest absolute Gasteiger partial charge is 0.508 e. The maximum atomic E-state index is 12.1. The third kappa shape index (κ3) is 4.43. The van der Waals surface area contributed by atoms with Gasteiger partial charge in [-0.15, -0.1) is 0 Å². The van der Waals surface area contributed by atoms with E-state index < -0.39 is 5.97 Å². The van der Waals surface area contributed by atoms with E-state index in [9.17, 15) is 25.2 Å². The van der Waals surface area contributed by atoms with Crippen molar-refractivity contribution in [2.75, 3.05) is 0 Å². The highest BCUT2D eigenvalue weighted by atomic mass is 16.4. The summed E-state index contributed by atoms with van der Waals surface area (Å²) in [4.78, 5) is 12.1. The molecule has 6 nitrogen and oxygen atoms in total. The van der Waals surface area contributed by atoms with Crippen LogP contribution in [0.25, 0.3) is 22.3 Å². The number of phenolic OH excluding ortho intramolecular Hbond substituents is 3. The van der Waals surface area contributed by atoms with Crippen LogP contribution in [0.3, 0.4) is 0 Å². The van der Waals surface area contributed by atoms with Gasteiger partial charge in [-0.1, -0.05) is 23.3 Å². The summed E-state index contributed by atoms with van der Waals surface area (Å²) in [6, 6.07) is 5.65. The van der Waals surface area contributed by atoms with Crippen LogP contribution >= 0.6 is 0 Å². The Balaban J connectivity index is 2.30. The smallest absolute Gasteiger partial charge is 0.340 e. The number of carboxylic acid groups (broad SMARTS) is 1. The maximum absolute atomic E-state index is 12.1. The normalized spacial score (nSPS) is 10.8. The molecule has 0 saturated carbocycles. The molecule has 0 amide bonds. The molecule has 4 N–H and O–H groups in total. The predicted octanol–water partition coefficient (Wildman–Crippen LogP) is 5.93. The van der Waals surface area contributed by atoms with E-state index in [2.05, 4.69) is 0 Å². The van der Waals surface area contributed by atoms with Crippen molar-refractivity contribution in [3.63, 3.8) is 0 Å². The number of hydrogen-bond donors (Lipinski definition) is 4. The molecule has 6 heteroatoms. The monoisotopic (exact) mass is 422 g/mol. The molecule has 1 aromatic heterocycles. The first-order valence-electron chi connectivity index (χ1n) is 9.92. The molecular weight excluding hydrogens is 396 g/mol. The van der Waals surface area contributed by atoms with E-state index in [1.807, 2.05) is 39.8 Å². The first-order chi connectivity index (χ1) is 14.6. The van der Waals surface area contributed by atoms with Crippen LogP contribution in [-0.4, -0.2) is 26.4 Å². The van der Waals surface area contributed by atoms with E-state index in [0.717, 1.165) is 11.1 Å². The Morgan fingerprint density at radius 2 is 1.55 bits per heavy atom. The average Bonchev–Trinajstić information content (AvgIpc) is 3.05. The molecule has 2 aromatic carbocycles. The van der Waals surface area contributed by atoms with Gasteiger partial charge in [0.1, 0.15) is 28.4 Å². The summed E-state index contributed by atoms with van der Waals surface area (Å²) >= 11 is 0. The molecule has 1 heterocycles. The molecule has 0 fully saturated rings. The second kappa shape index (κ2) is 8.60. The van der Waals surface area contributed by atoms with Crippen molar-refractivity contribution < 1.29 is 29.6 Å². The fourth-order valence-corrected chi connectivity index (χ4v) is 3.39. The van der Waals surface area contributed by atoms with Crippen LogP contribution in [0, 0.1) is 0 Å². The zero-order valence-electron chi connectivity index (χ0n) is 18.0. The fourth-order valence-electron chi connectivity index (χ4n) is 3.39. The van der Waals surface area contributed by atoms with Crippen molar-refractivity contribution >= 4 is 16.9 Å². The lowest BCUT2D eigenvalue weighted by molar-refractivity contribution is 0.0699. The number of aromatic carboxylic acids is 1. The van der Waals surface area contributed by atoms with Crippen molar-refractivity contribution in [2.24, 2.45) is 0 Å². The number of furan rings is 1. The molecule has 0 spiro atoms. The van der Waals surface area contributed by atoms with Gasteiger partial charge in [-0.25, -0.2) is 4.79 Å². The van der Waals surface area contributed by atoms with E-state index in [1.165, 1.54) is 24.3 Å². The SMILES string of the molecule is CC(C)=CCc1cc(-c2oc3c(CC=C(C)C)c(O)ccc3c2C(=O)O)c(O)cc1O. The van der Waals surface area contributed by atoms with Crippen molar-refractivity contribution in [2.45, 2.75) is 40.5 Å². The number of rotatable bonds is 6. The lowest BCUT2D eigenvalue weighted by Gasteiger charge is -2.08. The van der Waals surface area contributed by atoms with Crippen LogP contribution in [0.5, 0.6) is 17.2 Å². The molecule has 162 valence electrons. The van der Waals surface area contributed by atoms with E-state index in [-0.39, 0.29) is 39.7 Å². The molecule has 0 aliphatic rings. The molecule has 0 aliphatic carbocycles. The Kier molecular flexibility index (Phi) is 6.11. The number of phenols is 3. The minimum Gasteiger partial charge on any atom is -0.508 e. The topological polar surface area (TPSA) is 111 Å². The summed E-state index contributed by atoms with van der Waals surface area (Å²) < 4.78 is 5.96. The summed E-state index contributed by atoms with van der Waals surface area (Å²) in [5, 5.41) is 41.3. The van der Waals surface area contributed by atoms with E-state index in [0.29, 0.717) is 29.4 Å². The van der Waals surface area contributed by atoms with Crippen LogP contribution in [-0.2, 0) is 12.8 Å². The minimum atomic E-state index is -1.22. The highest BCUT2D eigenvalue weighted by Crippen LogP contribution is 2.43. The van der Waals surface area contributed by atoms with Gasteiger partial charge in [-0.3, -0.25) is 0 Å². The molecule has 0 unspecified atom stereocenters. The molecule has 0 bridgehead atoms. The second-order valence-corrected chi connectivity index (χ2v) is 8.02. The molecule has 3 rings (SSSR count). The van der Waals surface area contributed by atoms with Crippen molar-refractivity contribution in [1.82, 2.24) is 0 Å². The number of fused-ring (bicyclic) bond motifs is 1. The van der Waals surface area contributed by atoms with Gasteiger partial charge in [0.05, 0.1) is 5.56 Å². The zero-order valence-corrected chi connectivity index (χ0v) is 18.0. The highest BCUT2D eigenvalue weighted by Gasteiger charge is 2.26. The van der Waals surface area contributed by atoms with Crippen LogP contribution in [0.4, 0.5) is 0 Å². The van der Waals surface area contributed by atoms with Gasteiger partial charge < -0.3 is 24.8 Å². The summed E-state index contributed by atoms with van der Waals surface area (Å²) in [6.45, 7) is 7.72. The first kappa shape index (κ1) is 22.0. The Morgan fingerprint density at radius 1 is 0.903 bits per heavy atom. The number of allylic oxidation sites excluding steroid dienone is 4. The number of hydrogen-bond acceptors (Lipinski definition) is 5. The van der Waals surface area contributed by atoms with Gasteiger partial charge in [0.2, 0.25) is 0 Å². The van der Waals surface area contributed by atoms with Crippen molar-refractivity contribution in [1.29, 1.82) is 0 Å². The molecular formula is C25H26O6. The number of benzene rings is 2. The molecule has 3 aromatic rings. The summed E-state index contributed by atoms with van der Waals surface area (Å²) in [5.41, 5.74) is 3.40. The Hall–Kier alpha value is -3.67. The molecule has 0 radical (unpaired) electrons. The fraction of sp³-hybridized carbons (Fsp3) is 0.240. The number of carboxylic acids is 1. The summed E-state index contributed by atoms with van der Waals surface area (Å²) in [7, 11) is 0. The van der Waals surface area contributed by atoms with Crippen LogP contribution < -0.4 is 0 Å². The Bertz CT molecular complexity index is 1220. The quantitative estimate of drug-likeness (QED) is 0.366. The van der Waals surface area contributed by atoms with Gasteiger partial charge in [0, 0.05) is 17.0 Å². The lowest BCUT2D eigenvalue weighted by atomic mass is 9.99. The molecule has 31 heavy (non-hydrogen) atoms. The standard InChI is InChI=1S/C25H26O6/c1-13(2)5-7-15-11-18(21(28)12-20(15)27)24-22(25(29)30)17-9-10-19(26)16(23(17)31-24)8-6-14(3)4/h5-6,9-12,26-28H,7-8H2,1-4H3,(H,29,30). The van der Waals surface area contributed by atoms with Gasteiger partial charge in [0.15, 0.2) is 5.76 Å². The third-order valence-electron chi connectivity index (χ3n) is 5.04. The number of aromatic hydroxyl groups is 3. The van der Waals surface area contributed by atoms with Crippen molar-refractivity contribution in [3.05, 3.63) is 64.3 Å². The number of carbonyl (C=O) groups is 1. The third-order valence-corrected chi connectivity index (χ3v) is 5.04. The molecule has 0 aliphatic heterocycles. The van der Waals surface area contributed by atoms with Crippen LogP contribution in [0.2, 0.25) is 0 Å². The second-order valence-electron chi connectivity index (χ2n) is 8.02. The Labute approximate surface area is 180 Å². The van der Waals surface area contributed by atoms with Crippen LogP contribution in [0.1, 0.15) is 49.2 Å². The molecule has 0 saturated heterocycles.